The predicted octanol–water partition coefficient (Wildman–Crippen LogP) is 13.6. The van der Waals surface area contributed by atoms with Gasteiger partial charge in [0.1, 0.15) is 0 Å². The first-order valence-electron chi connectivity index (χ1n) is 16.7. The highest BCUT2D eigenvalue weighted by atomic mass is 14.2. The third-order valence-electron chi connectivity index (χ3n) is 10.2. The van der Waals surface area contributed by atoms with Gasteiger partial charge in [0.15, 0.2) is 0 Å². The first-order valence-corrected chi connectivity index (χ1v) is 16.7. The highest BCUT2D eigenvalue weighted by Gasteiger charge is 2.22. The van der Waals surface area contributed by atoms with Crippen LogP contribution in [-0.2, 0) is 0 Å². The van der Waals surface area contributed by atoms with Crippen LogP contribution in [0.25, 0.3) is 98.0 Å². The molecule has 0 radical (unpaired) electrons. The molecule has 0 N–H and O–H groups in total. The largest absolute Gasteiger partial charge is 0.0616 e. The van der Waals surface area contributed by atoms with Gasteiger partial charge in [0.2, 0.25) is 0 Å². The van der Waals surface area contributed by atoms with Gasteiger partial charge >= 0.3 is 0 Å². The van der Waals surface area contributed by atoms with Crippen molar-refractivity contribution in [3.63, 3.8) is 0 Å². The second-order valence-electron chi connectivity index (χ2n) is 12.8. The second-order valence-corrected chi connectivity index (χ2v) is 12.8. The lowest BCUT2D eigenvalue weighted by atomic mass is 9.80. The van der Waals surface area contributed by atoms with E-state index in [0.29, 0.717) is 0 Å². The van der Waals surface area contributed by atoms with Crippen LogP contribution in [0.15, 0.2) is 182 Å². The summed E-state index contributed by atoms with van der Waals surface area (Å²) in [6, 6.07) is 67.1. The Balaban J connectivity index is 1.38. The Morgan fingerprint density at radius 2 is 0.583 bits per heavy atom. The Morgan fingerprint density at radius 3 is 1.10 bits per heavy atom. The maximum atomic E-state index is 2.35. The van der Waals surface area contributed by atoms with E-state index in [4.69, 9.17) is 0 Å². The fourth-order valence-corrected chi connectivity index (χ4v) is 8.18. The molecule has 0 heterocycles. The van der Waals surface area contributed by atoms with E-state index in [2.05, 4.69) is 182 Å². The summed E-state index contributed by atoms with van der Waals surface area (Å²) in [5.74, 6) is 0. The molecule has 0 bridgehead atoms. The minimum absolute atomic E-state index is 1.24. The van der Waals surface area contributed by atoms with Crippen LogP contribution in [0.3, 0.4) is 0 Å². The molecule has 48 heavy (non-hydrogen) atoms. The van der Waals surface area contributed by atoms with Crippen molar-refractivity contribution in [2.24, 2.45) is 0 Å². The number of benzene rings is 10. The van der Waals surface area contributed by atoms with Crippen molar-refractivity contribution in [2.45, 2.75) is 0 Å². The molecule has 0 heteroatoms. The van der Waals surface area contributed by atoms with E-state index in [1.807, 2.05) is 0 Å². The molecule has 0 saturated heterocycles. The summed E-state index contributed by atoms with van der Waals surface area (Å²) in [4.78, 5) is 0. The topological polar surface area (TPSA) is 0 Å². The van der Waals surface area contributed by atoms with Crippen molar-refractivity contribution in [2.75, 3.05) is 0 Å². The zero-order valence-electron chi connectivity index (χ0n) is 26.3. The number of fused-ring (bicyclic) bond motifs is 6. The van der Waals surface area contributed by atoms with Crippen LogP contribution in [0.5, 0.6) is 0 Å². The van der Waals surface area contributed by atoms with E-state index in [1.54, 1.807) is 0 Å². The third-order valence-corrected chi connectivity index (χ3v) is 10.2. The molecule has 0 nitrogen and oxygen atoms in total. The van der Waals surface area contributed by atoms with Crippen molar-refractivity contribution in [3.05, 3.63) is 182 Å². The van der Waals surface area contributed by atoms with Gasteiger partial charge in [-0.25, -0.2) is 0 Å². The second kappa shape index (κ2) is 10.7. The summed E-state index contributed by atoms with van der Waals surface area (Å²) in [6.07, 6.45) is 0. The summed E-state index contributed by atoms with van der Waals surface area (Å²) in [6.45, 7) is 0. The first-order chi connectivity index (χ1) is 23.8. The van der Waals surface area contributed by atoms with Crippen LogP contribution in [0.1, 0.15) is 0 Å². The molecule has 0 amide bonds. The standard InChI is InChI=1S/C48H30/c1-2-16-33-30-34(29-28-31(33)14-1)45-37-19-5-9-23-41(37)47(42-24-10-6-20-38(42)45)48-43-25-11-7-21-39(43)46(40-22-8-12-26-44(40)48)36-27-13-17-32-15-3-4-18-35(32)36/h1-30H. The molecule has 0 spiro atoms. The van der Waals surface area contributed by atoms with Crippen molar-refractivity contribution in [3.8, 4) is 33.4 Å². The van der Waals surface area contributed by atoms with Gasteiger partial charge in [-0.3, -0.25) is 0 Å². The van der Waals surface area contributed by atoms with Gasteiger partial charge in [-0.15, -0.1) is 0 Å². The highest BCUT2D eigenvalue weighted by molar-refractivity contribution is 6.30. The molecule has 0 saturated carbocycles. The van der Waals surface area contributed by atoms with Gasteiger partial charge in [0, 0.05) is 0 Å². The summed E-state index contributed by atoms with van der Waals surface area (Å²) < 4.78 is 0. The van der Waals surface area contributed by atoms with Gasteiger partial charge in [-0.05, 0) is 104 Å². The number of hydrogen-bond acceptors (Lipinski definition) is 0. The molecule has 0 fully saturated rings. The summed E-state index contributed by atoms with van der Waals surface area (Å²) in [7, 11) is 0. The van der Waals surface area contributed by atoms with Crippen LogP contribution in [0.2, 0.25) is 0 Å². The van der Waals surface area contributed by atoms with Crippen molar-refractivity contribution >= 4 is 64.6 Å². The number of rotatable bonds is 3. The Kier molecular flexibility index (Phi) is 5.98. The summed E-state index contributed by atoms with van der Waals surface area (Å²) in [5.41, 5.74) is 7.69. The zero-order valence-corrected chi connectivity index (χ0v) is 26.3. The maximum Gasteiger partial charge on any atom is -0.00139 e. The fraction of sp³-hybridized carbons (Fsp3) is 0. The average Bonchev–Trinajstić information content (AvgIpc) is 3.16. The van der Waals surface area contributed by atoms with E-state index in [1.165, 1.54) is 98.0 Å². The molecule has 10 rings (SSSR count). The van der Waals surface area contributed by atoms with Gasteiger partial charge in [-0.2, -0.15) is 0 Å². The lowest BCUT2D eigenvalue weighted by Gasteiger charge is -2.22. The van der Waals surface area contributed by atoms with Gasteiger partial charge < -0.3 is 0 Å². The van der Waals surface area contributed by atoms with Gasteiger partial charge in [-0.1, -0.05) is 176 Å². The fourth-order valence-electron chi connectivity index (χ4n) is 8.18. The van der Waals surface area contributed by atoms with Crippen LogP contribution in [0, 0.1) is 0 Å². The number of hydrogen-bond donors (Lipinski definition) is 0. The Bertz CT molecular complexity index is 2770. The molecule has 0 aliphatic rings. The summed E-state index contributed by atoms with van der Waals surface area (Å²) >= 11 is 0. The molecule has 0 atom stereocenters. The molecule has 10 aromatic carbocycles. The Labute approximate surface area is 279 Å². The minimum Gasteiger partial charge on any atom is -0.0616 e. The molecule has 0 aromatic heterocycles. The maximum absolute atomic E-state index is 2.35. The van der Waals surface area contributed by atoms with E-state index in [9.17, 15) is 0 Å². The minimum atomic E-state index is 1.24. The zero-order chi connectivity index (χ0) is 31.6. The smallest absolute Gasteiger partial charge is 0.00139 e. The molecule has 0 unspecified atom stereocenters. The Hall–Kier alpha value is -6.24. The molecule has 222 valence electrons. The molecular weight excluding hydrogens is 577 g/mol. The predicted molar refractivity (Wildman–Crippen MR) is 208 cm³/mol. The van der Waals surface area contributed by atoms with Gasteiger partial charge in [0.25, 0.3) is 0 Å². The SMILES string of the molecule is c1ccc2cc(-c3c4ccccc4c(-c4c5ccccc5c(-c5cccc6ccccc56)c5ccccc45)c4ccccc34)ccc2c1. The third kappa shape index (κ3) is 3.96. The first kappa shape index (κ1) is 26.9. The van der Waals surface area contributed by atoms with Crippen molar-refractivity contribution < 1.29 is 0 Å². The molecule has 10 aromatic rings. The van der Waals surface area contributed by atoms with E-state index in [-0.39, 0.29) is 0 Å². The molecular formula is C48H30. The Morgan fingerprint density at radius 1 is 0.208 bits per heavy atom. The van der Waals surface area contributed by atoms with Crippen molar-refractivity contribution in [1.82, 2.24) is 0 Å². The monoisotopic (exact) mass is 606 g/mol. The normalized spacial score (nSPS) is 11.8. The van der Waals surface area contributed by atoms with Crippen molar-refractivity contribution in [1.29, 1.82) is 0 Å². The van der Waals surface area contributed by atoms with Gasteiger partial charge in [0.05, 0.1) is 0 Å². The van der Waals surface area contributed by atoms with Crippen LogP contribution in [0.4, 0.5) is 0 Å². The average molecular weight is 607 g/mol. The molecule has 0 aliphatic heterocycles. The highest BCUT2D eigenvalue weighted by Crippen LogP contribution is 2.50. The van der Waals surface area contributed by atoms with E-state index in [0.717, 1.165) is 0 Å². The van der Waals surface area contributed by atoms with E-state index < -0.39 is 0 Å². The summed E-state index contributed by atoms with van der Waals surface area (Å²) in [5, 5.41) is 15.2. The molecule has 0 aliphatic carbocycles. The van der Waals surface area contributed by atoms with Crippen LogP contribution >= 0.6 is 0 Å². The van der Waals surface area contributed by atoms with Crippen LogP contribution in [-0.4, -0.2) is 0 Å². The van der Waals surface area contributed by atoms with E-state index >= 15 is 0 Å². The quantitative estimate of drug-likeness (QED) is 0.176. The lowest BCUT2D eigenvalue weighted by molar-refractivity contribution is 1.68. The van der Waals surface area contributed by atoms with Crippen LogP contribution < -0.4 is 0 Å². The lowest BCUT2D eigenvalue weighted by Crippen LogP contribution is -1.95.